The zero-order valence-electron chi connectivity index (χ0n) is 12.6. The third-order valence-corrected chi connectivity index (χ3v) is 5.28. The van der Waals surface area contributed by atoms with E-state index in [1.54, 1.807) is 11.1 Å². The first-order valence-electron chi connectivity index (χ1n) is 7.86. The third-order valence-electron chi connectivity index (χ3n) is 5.28. The Labute approximate surface area is 117 Å². The fourth-order valence-electron chi connectivity index (χ4n) is 4.09. The average Bonchev–Trinajstić information content (AvgIpc) is 2.32. The smallest absolute Gasteiger partial charge is 0.00933 e. The summed E-state index contributed by atoms with van der Waals surface area (Å²) in [6, 6.07) is 9.65. The second-order valence-electron chi connectivity index (χ2n) is 7.50. The summed E-state index contributed by atoms with van der Waals surface area (Å²) >= 11 is 0. The summed E-state index contributed by atoms with van der Waals surface area (Å²) in [4.78, 5) is 0. The van der Waals surface area contributed by atoms with Crippen LogP contribution in [0.4, 0.5) is 0 Å². The van der Waals surface area contributed by atoms with Gasteiger partial charge in [-0.25, -0.2) is 0 Å². The van der Waals surface area contributed by atoms with E-state index in [0.29, 0.717) is 5.41 Å². The van der Waals surface area contributed by atoms with Crippen LogP contribution < -0.4 is 5.32 Å². The van der Waals surface area contributed by atoms with Crippen LogP contribution in [0.25, 0.3) is 0 Å². The molecule has 1 nitrogen and oxygen atoms in total. The monoisotopic (exact) mass is 257 g/mol. The van der Waals surface area contributed by atoms with Crippen LogP contribution in [-0.4, -0.2) is 12.6 Å². The van der Waals surface area contributed by atoms with E-state index in [1.807, 2.05) is 0 Å². The summed E-state index contributed by atoms with van der Waals surface area (Å²) in [5, 5.41) is 3.85. The Morgan fingerprint density at radius 3 is 2.79 bits per heavy atom. The van der Waals surface area contributed by atoms with E-state index < -0.39 is 0 Å². The van der Waals surface area contributed by atoms with E-state index in [-0.39, 0.29) is 0 Å². The largest absolute Gasteiger partial charge is 0.313 e. The Hall–Kier alpha value is -0.820. The summed E-state index contributed by atoms with van der Waals surface area (Å²) in [7, 11) is 0. The van der Waals surface area contributed by atoms with Gasteiger partial charge in [0.1, 0.15) is 0 Å². The number of fused-ring (bicyclic) bond motifs is 1. The first kappa shape index (κ1) is 13.2. The Balaban J connectivity index is 1.52. The normalized spacial score (nSPS) is 32.5. The first-order chi connectivity index (χ1) is 9.05. The van der Waals surface area contributed by atoms with E-state index >= 15 is 0 Å². The molecule has 0 bridgehead atoms. The molecule has 1 heteroatoms. The van der Waals surface area contributed by atoms with Gasteiger partial charge >= 0.3 is 0 Å². The van der Waals surface area contributed by atoms with Crippen LogP contribution in [0.1, 0.15) is 57.1 Å². The lowest BCUT2D eigenvalue weighted by molar-refractivity contribution is 0.147. The van der Waals surface area contributed by atoms with Crippen molar-refractivity contribution in [2.45, 2.75) is 58.4 Å². The van der Waals surface area contributed by atoms with E-state index in [2.05, 4.69) is 50.4 Å². The topological polar surface area (TPSA) is 12.0 Å². The van der Waals surface area contributed by atoms with Crippen molar-refractivity contribution in [1.29, 1.82) is 0 Å². The molecule has 0 aromatic heterocycles. The minimum atomic E-state index is 0.556. The van der Waals surface area contributed by atoms with Gasteiger partial charge in [-0.05, 0) is 48.1 Å². The molecule has 0 saturated heterocycles. The zero-order valence-corrected chi connectivity index (χ0v) is 12.6. The molecule has 1 aromatic rings. The molecule has 1 N–H and O–H groups in total. The summed E-state index contributed by atoms with van der Waals surface area (Å²) < 4.78 is 0. The highest BCUT2D eigenvalue weighted by molar-refractivity contribution is 5.40. The Morgan fingerprint density at radius 2 is 2.05 bits per heavy atom. The Kier molecular flexibility index (Phi) is 3.42. The van der Waals surface area contributed by atoms with Gasteiger partial charge in [0, 0.05) is 18.5 Å². The molecule has 0 spiro atoms. The second-order valence-corrected chi connectivity index (χ2v) is 7.50. The minimum absolute atomic E-state index is 0.556. The highest BCUT2D eigenvalue weighted by atomic mass is 14.9. The van der Waals surface area contributed by atoms with Crippen molar-refractivity contribution in [3.63, 3.8) is 0 Å². The standard InChI is InChI=1S/C18H27N/c1-13-11-18(2,3)9-8-17(13)19-12-15-10-14-6-4-5-7-16(14)15/h4-7,13,15,17,19H,8-12H2,1-3H3. The minimum Gasteiger partial charge on any atom is -0.313 e. The van der Waals surface area contributed by atoms with Crippen LogP contribution in [0.3, 0.4) is 0 Å². The number of nitrogens with one attached hydrogen (secondary N) is 1. The highest BCUT2D eigenvalue weighted by Crippen LogP contribution is 2.39. The van der Waals surface area contributed by atoms with Gasteiger partial charge in [0.15, 0.2) is 0 Å². The van der Waals surface area contributed by atoms with Crippen molar-refractivity contribution >= 4 is 0 Å². The van der Waals surface area contributed by atoms with E-state index in [4.69, 9.17) is 0 Å². The van der Waals surface area contributed by atoms with Crippen molar-refractivity contribution in [2.75, 3.05) is 6.54 Å². The molecule has 1 fully saturated rings. The van der Waals surface area contributed by atoms with Gasteiger partial charge in [0.05, 0.1) is 0 Å². The van der Waals surface area contributed by atoms with Crippen molar-refractivity contribution in [3.05, 3.63) is 35.4 Å². The Bertz CT molecular complexity index is 449. The van der Waals surface area contributed by atoms with Gasteiger partial charge in [-0.2, -0.15) is 0 Å². The van der Waals surface area contributed by atoms with Gasteiger partial charge in [-0.1, -0.05) is 45.0 Å². The van der Waals surface area contributed by atoms with Crippen molar-refractivity contribution in [1.82, 2.24) is 5.32 Å². The molecule has 2 aliphatic carbocycles. The lowest BCUT2D eigenvalue weighted by atomic mass is 9.70. The molecule has 3 unspecified atom stereocenters. The SMILES string of the molecule is CC1CC(C)(C)CCC1NCC1Cc2ccccc21. The van der Waals surface area contributed by atoms with E-state index in [1.165, 1.54) is 32.2 Å². The van der Waals surface area contributed by atoms with Gasteiger partial charge in [0.2, 0.25) is 0 Å². The lowest BCUT2D eigenvalue weighted by Crippen LogP contribution is -2.44. The van der Waals surface area contributed by atoms with Crippen molar-refractivity contribution in [2.24, 2.45) is 11.3 Å². The van der Waals surface area contributed by atoms with Crippen LogP contribution in [0.5, 0.6) is 0 Å². The molecular formula is C18H27N. The molecule has 0 heterocycles. The van der Waals surface area contributed by atoms with Crippen LogP contribution >= 0.6 is 0 Å². The maximum Gasteiger partial charge on any atom is 0.00933 e. The number of hydrogen-bond acceptors (Lipinski definition) is 1. The van der Waals surface area contributed by atoms with Crippen LogP contribution in [0.2, 0.25) is 0 Å². The summed E-state index contributed by atoms with van der Waals surface area (Å²) in [5.74, 6) is 1.58. The fourth-order valence-corrected chi connectivity index (χ4v) is 4.09. The molecule has 0 radical (unpaired) electrons. The average molecular weight is 257 g/mol. The molecule has 2 aliphatic rings. The van der Waals surface area contributed by atoms with E-state index in [9.17, 15) is 0 Å². The number of benzene rings is 1. The predicted octanol–water partition coefficient (Wildman–Crippen LogP) is 4.13. The van der Waals surface area contributed by atoms with Crippen LogP contribution in [0.15, 0.2) is 24.3 Å². The molecule has 1 aromatic carbocycles. The van der Waals surface area contributed by atoms with E-state index in [0.717, 1.165) is 17.9 Å². The maximum atomic E-state index is 3.85. The fraction of sp³-hybridized carbons (Fsp3) is 0.667. The van der Waals surface area contributed by atoms with Gasteiger partial charge in [-0.3, -0.25) is 0 Å². The second kappa shape index (κ2) is 4.94. The van der Waals surface area contributed by atoms with Gasteiger partial charge in [0.25, 0.3) is 0 Å². The van der Waals surface area contributed by atoms with Crippen molar-refractivity contribution < 1.29 is 0 Å². The first-order valence-corrected chi connectivity index (χ1v) is 7.86. The lowest BCUT2D eigenvalue weighted by Gasteiger charge is -2.41. The molecule has 1 saturated carbocycles. The highest BCUT2D eigenvalue weighted by Gasteiger charge is 2.33. The number of hydrogen-bond donors (Lipinski definition) is 1. The van der Waals surface area contributed by atoms with Crippen LogP contribution in [-0.2, 0) is 6.42 Å². The molecular weight excluding hydrogens is 230 g/mol. The Morgan fingerprint density at radius 1 is 1.26 bits per heavy atom. The zero-order chi connectivity index (χ0) is 13.5. The number of rotatable bonds is 3. The summed E-state index contributed by atoms with van der Waals surface area (Å²) in [6.45, 7) is 8.43. The molecule has 3 atom stereocenters. The van der Waals surface area contributed by atoms with Crippen LogP contribution in [0, 0.1) is 11.3 Å². The van der Waals surface area contributed by atoms with Gasteiger partial charge in [-0.15, -0.1) is 0 Å². The maximum absolute atomic E-state index is 3.85. The predicted molar refractivity (Wildman–Crippen MR) is 81.5 cm³/mol. The van der Waals surface area contributed by atoms with Crippen molar-refractivity contribution in [3.8, 4) is 0 Å². The molecule has 104 valence electrons. The molecule has 3 rings (SSSR count). The molecule has 19 heavy (non-hydrogen) atoms. The summed E-state index contributed by atoms with van der Waals surface area (Å²) in [6.07, 6.45) is 5.36. The summed E-state index contributed by atoms with van der Waals surface area (Å²) in [5.41, 5.74) is 3.70. The quantitative estimate of drug-likeness (QED) is 0.858. The molecule has 0 aliphatic heterocycles. The third kappa shape index (κ3) is 2.72. The van der Waals surface area contributed by atoms with Gasteiger partial charge < -0.3 is 5.32 Å². The molecule has 0 amide bonds.